The van der Waals surface area contributed by atoms with E-state index in [0.29, 0.717) is 0 Å². The summed E-state index contributed by atoms with van der Waals surface area (Å²) in [5.41, 5.74) is -0.714. The highest BCUT2D eigenvalue weighted by Gasteiger charge is 2.31. The minimum absolute atomic E-state index is 0.0197. The Morgan fingerprint density at radius 1 is 1.07 bits per heavy atom. The van der Waals surface area contributed by atoms with Crippen molar-refractivity contribution in [2.75, 3.05) is 0 Å². The summed E-state index contributed by atoms with van der Waals surface area (Å²) in [7, 11) is 0. The molecule has 0 aliphatic rings. The van der Waals surface area contributed by atoms with Gasteiger partial charge in [0.05, 0.1) is 11.2 Å². The fourth-order valence-corrected chi connectivity index (χ4v) is 2.19. The molecule has 0 aliphatic carbocycles. The Hall–Kier alpha value is -2.85. The van der Waals surface area contributed by atoms with Gasteiger partial charge in [0.2, 0.25) is 5.88 Å². The summed E-state index contributed by atoms with van der Waals surface area (Å²) in [6.45, 7) is 0. The summed E-state index contributed by atoms with van der Waals surface area (Å²) in [6, 6.07) is 6.10. The van der Waals surface area contributed by atoms with E-state index in [1.165, 1.54) is 18.2 Å². The lowest BCUT2D eigenvalue weighted by molar-refractivity contribution is -0.274. The van der Waals surface area contributed by atoms with Gasteiger partial charge in [0.15, 0.2) is 5.82 Å². The molecule has 0 atom stereocenters. The Balaban J connectivity index is 1.88. The van der Waals surface area contributed by atoms with E-state index in [-0.39, 0.29) is 27.5 Å². The number of ether oxygens (including phenoxy) is 2. The van der Waals surface area contributed by atoms with Crippen LogP contribution in [0.15, 0.2) is 47.7 Å². The van der Waals surface area contributed by atoms with Crippen molar-refractivity contribution in [3.8, 4) is 23.2 Å². The minimum atomic E-state index is -4.83. The number of aromatic nitrogens is 4. The largest absolute Gasteiger partial charge is 0.573 e. The van der Waals surface area contributed by atoms with Gasteiger partial charge in [-0.15, -0.1) is 13.2 Å². The van der Waals surface area contributed by atoms with E-state index in [1.54, 1.807) is 0 Å². The molecule has 0 fully saturated rings. The van der Waals surface area contributed by atoms with Crippen LogP contribution in [0.25, 0.3) is 5.82 Å². The summed E-state index contributed by atoms with van der Waals surface area (Å²) in [6.07, 6.45) is -2.59. The van der Waals surface area contributed by atoms with Crippen molar-refractivity contribution in [1.29, 1.82) is 0 Å². The van der Waals surface area contributed by atoms with Crippen LogP contribution >= 0.6 is 23.2 Å². The summed E-state index contributed by atoms with van der Waals surface area (Å²) >= 11 is 11.5. The average Bonchev–Trinajstić information content (AvgIpc) is 2.59. The molecule has 27 heavy (non-hydrogen) atoms. The third kappa shape index (κ3) is 4.66. The molecule has 7 nitrogen and oxygen atoms in total. The molecular weight excluding hydrogens is 412 g/mol. The molecule has 0 saturated heterocycles. The zero-order valence-corrected chi connectivity index (χ0v) is 14.5. The summed E-state index contributed by atoms with van der Waals surface area (Å²) < 4.78 is 47.0. The van der Waals surface area contributed by atoms with E-state index in [1.807, 2.05) is 0 Å². The molecular formula is C15H7Cl2F3N4O3. The fourth-order valence-electron chi connectivity index (χ4n) is 1.93. The van der Waals surface area contributed by atoms with Crippen molar-refractivity contribution in [3.05, 3.63) is 63.3 Å². The first-order valence-corrected chi connectivity index (χ1v) is 7.78. The van der Waals surface area contributed by atoms with Crippen LogP contribution in [0.3, 0.4) is 0 Å². The average molecular weight is 419 g/mol. The third-order valence-electron chi connectivity index (χ3n) is 2.98. The predicted octanol–water partition coefficient (Wildman–Crippen LogP) is 4.02. The summed E-state index contributed by atoms with van der Waals surface area (Å²) in [5.74, 6) is -0.470. The topological polar surface area (TPSA) is 79.1 Å². The number of hydrogen-bond acceptors (Lipinski definition) is 6. The Bertz CT molecular complexity index is 1040. The molecule has 0 amide bonds. The third-order valence-corrected chi connectivity index (χ3v) is 3.73. The van der Waals surface area contributed by atoms with E-state index < -0.39 is 17.7 Å². The minimum Gasteiger partial charge on any atom is -0.439 e. The first kappa shape index (κ1) is 18.9. The molecule has 140 valence electrons. The molecule has 3 aromatic rings. The highest BCUT2D eigenvalue weighted by atomic mass is 35.5. The second-order valence-electron chi connectivity index (χ2n) is 4.86. The first-order valence-electron chi connectivity index (χ1n) is 7.02. The lowest BCUT2D eigenvalue weighted by atomic mass is 10.3. The Labute approximate surface area is 158 Å². The smallest absolute Gasteiger partial charge is 0.439 e. The molecule has 0 unspecified atom stereocenters. The summed E-state index contributed by atoms with van der Waals surface area (Å²) in [4.78, 5) is 19.8. The van der Waals surface area contributed by atoms with Crippen molar-refractivity contribution in [2.24, 2.45) is 0 Å². The van der Waals surface area contributed by atoms with Crippen LogP contribution in [0, 0.1) is 0 Å². The molecule has 0 saturated carbocycles. The SMILES string of the molecule is O=c1c(Cl)c(Cl)cnn1-c1cc(Oc2cccc(OC(F)(F)F)c2)ncn1. The van der Waals surface area contributed by atoms with Crippen molar-refractivity contribution in [2.45, 2.75) is 6.36 Å². The van der Waals surface area contributed by atoms with Gasteiger partial charge in [-0.25, -0.2) is 9.97 Å². The molecule has 2 heterocycles. The highest BCUT2D eigenvalue weighted by Crippen LogP contribution is 2.28. The summed E-state index contributed by atoms with van der Waals surface area (Å²) in [5, 5.41) is 3.54. The van der Waals surface area contributed by atoms with Gasteiger partial charge in [-0.2, -0.15) is 9.78 Å². The van der Waals surface area contributed by atoms with Crippen LogP contribution < -0.4 is 15.0 Å². The lowest BCUT2D eigenvalue weighted by Crippen LogP contribution is -2.22. The van der Waals surface area contributed by atoms with Crippen LogP contribution in [0.2, 0.25) is 10.0 Å². The lowest BCUT2D eigenvalue weighted by Gasteiger charge is -2.11. The normalized spacial score (nSPS) is 11.3. The highest BCUT2D eigenvalue weighted by molar-refractivity contribution is 6.41. The Kier molecular flexibility index (Phi) is 5.19. The number of hydrogen-bond donors (Lipinski definition) is 0. The molecule has 0 bridgehead atoms. The van der Waals surface area contributed by atoms with Gasteiger partial charge in [-0.3, -0.25) is 4.79 Å². The first-order chi connectivity index (χ1) is 12.7. The van der Waals surface area contributed by atoms with Gasteiger partial charge in [0, 0.05) is 12.1 Å². The molecule has 3 rings (SSSR count). The van der Waals surface area contributed by atoms with E-state index >= 15 is 0 Å². The van der Waals surface area contributed by atoms with Gasteiger partial charge >= 0.3 is 6.36 Å². The fraction of sp³-hybridized carbons (Fsp3) is 0.0667. The van der Waals surface area contributed by atoms with E-state index in [4.69, 9.17) is 27.9 Å². The van der Waals surface area contributed by atoms with Crippen LogP contribution in [0.5, 0.6) is 17.4 Å². The zero-order chi connectivity index (χ0) is 19.6. The van der Waals surface area contributed by atoms with Gasteiger partial charge in [-0.05, 0) is 12.1 Å². The standard InChI is InChI=1S/C15H7Cl2F3N4O3/c16-10-6-23-24(14(25)13(10)17)11-5-12(22-7-21-11)26-8-2-1-3-9(4-8)27-15(18,19)20/h1-7H. The van der Waals surface area contributed by atoms with Crippen LogP contribution in [-0.2, 0) is 0 Å². The Morgan fingerprint density at radius 3 is 2.56 bits per heavy atom. The van der Waals surface area contributed by atoms with Crippen molar-refractivity contribution in [3.63, 3.8) is 0 Å². The van der Waals surface area contributed by atoms with Crippen LogP contribution in [0.4, 0.5) is 13.2 Å². The second kappa shape index (κ2) is 7.41. The van der Waals surface area contributed by atoms with Gasteiger partial charge in [0.25, 0.3) is 5.56 Å². The molecule has 0 N–H and O–H groups in total. The molecule has 2 aromatic heterocycles. The van der Waals surface area contributed by atoms with E-state index in [0.717, 1.165) is 29.3 Å². The van der Waals surface area contributed by atoms with Crippen molar-refractivity contribution >= 4 is 23.2 Å². The van der Waals surface area contributed by atoms with Gasteiger partial charge < -0.3 is 9.47 Å². The van der Waals surface area contributed by atoms with E-state index in [2.05, 4.69) is 19.8 Å². The molecule has 12 heteroatoms. The van der Waals surface area contributed by atoms with Gasteiger partial charge in [-0.1, -0.05) is 29.3 Å². The van der Waals surface area contributed by atoms with Crippen molar-refractivity contribution < 1.29 is 22.6 Å². The number of benzene rings is 1. The predicted molar refractivity (Wildman–Crippen MR) is 88.6 cm³/mol. The van der Waals surface area contributed by atoms with Crippen LogP contribution in [-0.4, -0.2) is 26.1 Å². The second-order valence-corrected chi connectivity index (χ2v) is 5.65. The monoisotopic (exact) mass is 418 g/mol. The number of halogens is 5. The molecule has 0 radical (unpaired) electrons. The number of nitrogens with zero attached hydrogens (tertiary/aromatic N) is 4. The zero-order valence-electron chi connectivity index (χ0n) is 12.9. The molecule has 0 aliphatic heterocycles. The number of alkyl halides is 3. The van der Waals surface area contributed by atoms with Crippen molar-refractivity contribution in [1.82, 2.24) is 19.7 Å². The Morgan fingerprint density at radius 2 is 1.81 bits per heavy atom. The molecule has 1 aromatic carbocycles. The quantitative estimate of drug-likeness (QED) is 0.636. The maximum Gasteiger partial charge on any atom is 0.573 e. The van der Waals surface area contributed by atoms with Gasteiger partial charge in [0.1, 0.15) is 22.8 Å². The van der Waals surface area contributed by atoms with Crippen LogP contribution in [0.1, 0.15) is 0 Å². The molecule has 0 spiro atoms. The maximum atomic E-state index is 12.3. The van der Waals surface area contributed by atoms with E-state index in [9.17, 15) is 18.0 Å². The number of rotatable bonds is 4. The maximum absolute atomic E-state index is 12.3.